The number of hydrogen-bond acceptors (Lipinski definition) is 3. The van der Waals surface area contributed by atoms with Crippen LogP contribution in [-0.4, -0.2) is 36.8 Å². The van der Waals surface area contributed by atoms with Gasteiger partial charge in [-0.25, -0.2) is 0 Å². The monoisotopic (exact) mass is 489 g/mol. The molecule has 2 aromatic rings. The average Bonchev–Trinajstić information content (AvgIpc) is 2.90. The van der Waals surface area contributed by atoms with Crippen molar-refractivity contribution in [2.45, 2.75) is 93.0 Å². The largest absolute Gasteiger partial charge is 0.385 e. The Morgan fingerprint density at radius 3 is 2.39 bits per heavy atom. The van der Waals surface area contributed by atoms with Crippen molar-refractivity contribution in [3.63, 3.8) is 0 Å². The number of rotatable bonds is 11. The first-order chi connectivity index (χ1) is 17.5. The number of aryl methyl sites for hydroxylation is 1. The van der Waals surface area contributed by atoms with Gasteiger partial charge in [0.15, 0.2) is 0 Å². The Balaban J connectivity index is 0.00000222. The molecule has 0 radical (unpaired) electrons. The van der Waals surface area contributed by atoms with E-state index >= 15 is 0 Å². The number of allylic oxidation sites excluding steroid dienone is 1. The van der Waals surface area contributed by atoms with Gasteiger partial charge in [-0.15, -0.1) is 0 Å². The lowest BCUT2D eigenvalue weighted by Crippen LogP contribution is -2.42. The first-order valence-corrected chi connectivity index (χ1v) is 14.4. The number of hydrogen-bond donors (Lipinski definition) is 1. The lowest BCUT2D eigenvalue weighted by atomic mass is 9.91. The van der Waals surface area contributed by atoms with Crippen LogP contribution in [0, 0.1) is 12.8 Å². The predicted octanol–water partition coefficient (Wildman–Crippen LogP) is 8.57. The minimum Gasteiger partial charge on any atom is -0.385 e. The maximum Gasteiger partial charge on any atom is 0.0656 e. The number of piperidine rings is 1. The van der Waals surface area contributed by atoms with Crippen LogP contribution in [0.15, 0.2) is 53.5 Å². The number of likely N-dealkylation sites (tertiary alicyclic amines) is 1. The molecule has 1 aliphatic heterocycles. The molecule has 2 unspecified atom stereocenters. The second kappa shape index (κ2) is 16.4. The molecule has 1 heterocycles. The summed E-state index contributed by atoms with van der Waals surface area (Å²) in [5.74, 6) is 0.889. The van der Waals surface area contributed by atoms with Gasteiger partial charge in [0.25, 0.3) is 0 Å². The van der Waals surface area contributed by atoms with Crippen molar-refractivity contribution in [3.8, 4) is 0 Å². The summed E-state index contributed by atoms with van der Waals surface area (Å²) in [7, 11) is 0. The van der Waals surface area contributed by atoms with Crippen LogP contribution in [0.3, 0.4) is 0 Å². The highest BCUT2D eigenvalue weighted by Crippen LogP contribution is 2.25. The normalized spacial score (nSPS) is 18.7. The molecule has 0 amide bonds. The van der Waals surface area contributed by atoms with Crippen LogP contribution in [0.5, 0.6) is 0 Å². The molecule has 36 heavy (non-hydrogen) atoms. The average molecular weight is 490 g/mol. The lowest BCUT2D eigenvalue weighted by Gasteiger charge is -2.38. The highest BCUT2D eigenvalue weighted by molar-refractivity contribution is 5.75. The summed E-state index contributed by atoms with van der Waals surface area (Å²) in [6.07, 6.45) is 11.2. The van der Waals surface area contributed by atoms with Crippen molar-refractivity contribution in [1.29, 1.82) is 0 Å². The summed E-state index contributed by atoms with van der Waals surface area (Å²) in [6.45, 7) is 18.5. The van der Waals surface area contributed by atoms with E-state index in [1.165, 1.54) is 60.3 Å². The van der Waals surface area contributed by atoms with Gasteiger partial charge in [0.2, 0.25) is 0 Å². The van der Waals surface area contributed by atoms with Crippen LogP contribution >= 0.6 is 0 Å². The van der Waals surface area contributed by atoms with Gasteiger partial charge in [0, 0.05) is 36.6 Å². The first kappa shape index (κ1) is 29.8. The van der Waals surface area contributed by atoms with Gasteiger partial charge in [-0.3, -0.25) is 4.99 Å². The summed E-state index contributed by atoms with van der Waals surface area (Å²) in [5, 5.41) is 3.62. The van der Waals surface area contributed by atoms with Gasteiger partial charge >= 0.3 is 0 Å². The van der Waals surface area contributed by atoms with Gasteiger partial charge in [0.1, 0.15) is 0 Å². The molecule has 198 valence electrons. The second-order valence-corrected chi connectivity index (χ2v) is 9.95. The van der Waals surface area contributed by atoms with Crippen molar-refractivity contribution in [1.82, 2.24) is 4.90 Å². The van der Waals surface area contributed by atoms with E-state index in [4.69, 9.17) is 0 Å². The second-order valence-electron chi connectivity index (χ2n) is 9.95. The third-order valence-corrected chi connectivity index (χ3v) is 7.08. The van der Waals surface area contributed by atoms with E-state index < -0.39 is 0 Å². The zero-order valence-corrected chi connectivity index (χ0v) is 24.1. The topological polar surface area (TPSA) is 27.6 Å². The van der Waals surface area contributed by atoms with Gasteiger partial charge in [-0.1, -0.05) is 65.0 Å². The number of benzene rings is 2. The summed E-state index contributed by atoms with van der Waals surface area (Å²) in [6, 6.07) is 16.7. The Morgan fingerprint density at radius 2 is 1.75 bits per heavy atom. The molecular weight excluding hydrogens is 438 g/mol. The third-order valence-electron chi connectivity index (χ3n) is 7.08. The highest BCUT2D eigenvalue weighted by atomic mass is 15.2. The molecule has 3 rings (SSSR count). The van der Waals surface area contributed by atoms with E-state index in [1.54, 1.807) is 0 Å². The van der Waals surface area contributed by atoms with E-state index in [9.17, 15) is 0 Å². The van der Waals surface area contributed by atoms with Crippen LogP contribution < -0.4 is 5.32 Å². The predicted molar refractivity (Wildman–Crippen MR) is 161 cm³/mol. The maximum atomic E-state index is 4.61. The maximum absolute atomic E-state index is 4.61. The summed E-state index contributed by atoms with van der Waals surface area (Å²) >= 11 is 0. The quantitative estimate of drug-likeness (QED) is 0.320. The van der Waals surface area contributed by atoms with Gasteiger partial charge in [-0.05, 0) is 99.7 Å². The van der Waals surface area contributed by atoms with Crippen molar-refractivity contribution >= 4 is 17.6 Å². The molecule has 3 nitrogen and oxygen atoms in total. The van der Waals surface area contributed by atoms with E-state index in [2.05, 4.69) is 98.4 Å². The molecule has 2 aromatic carbocycles. The number of aliphatic imine (C=N–C) groups is 1. The Bertz CT molecular complexity index is 942. The number of nitrogens with zero attached hydrogens (tertiary/aromatic N) is 2. The molecule has 1 N–H and O–H groups in total. The summed E-state index contributed by atoms with van der Waals surface area (Å²) in [4.78, 5) is 7.33. The van der Waals surface area contributed by atoms with Crippen LogP contribution in [-0.2, 0) is 12.8 Å². The van der Waals surface area contributed by atoms with Crippen LogP contribution in [0.1, 0.15) is 89.5 Å². The molecule has 0 aromatic heterocycles. The zero-order valence-electron chi connectivity index (χ0n) is 24.1. The minimum atomic E-state index is 0.776. The summed E-state index contributed by atoms with van der Waals surface area (Å²) < 4.78 is 0. The molecule has 0 aliphatic carbocycles. The Kier molecular flexibility index (Phi) is 13.6. The highest BCUT2D eigenvalue weighted by Gasteiger charge is 2.24. The first-order valence-electron chi connectivity index (χ1n) is 14.4. The molecule has 0 saturated carbocycles. The Morgan fingerprint density at radius 1 is 1.06 bits per heavy atom. The SMILES string of the molecule is C/C=C(\N=CCC)c1cc(C)cc(NCCc2ccc(CCN3CCC(C)CC3CC)cc2)c1.CC. The number of anilines is 1. The van der Waals surface area contributed by atoms with Gasteiger partial charge < -0.3 is 10.2 Å². The molecule has 0 spiro atoms. The van der Waals surface area contributed by atoms with Crippen molar-refractivity contribution in [2.75, 3.05) is 25.0 Å². The van der Waals surface area contributed by atoms with Crippen LogP contribution in [0.4, 0.5) is 5.69 Å². The lowest BCUT2D eigenvalue weighted by molar-refractivity contribution is 0.116. The van der Waals surface area contributed by atoms with E-state index in [1.807, 2.05) is 20.1 Å². The van der Waals surface area contributed by atoms with E-state index in [0.29, 0.717) is 0 Å². The fourth-order valence-electron chi connectivity index (χ4n) is 5.05. The van der Waals surface area contributed by atoms with Crippen molar-refractivity contribution in [3.05, 3.63) is 70.8 Å². The van der Waals surface area contributed by atoms with E-state index in [-0.39, 0.29) is 0 Å². The molecule has 3 heteroatoms. The van der Waals surface area contributed by atoms with Gasteiger partial charge in [-0.2, -0.15) is 0 Å². The molecule has 1 fully saturated rings. The molecule has 0 bridgehead atoms. The fourth-order valence-corrected chi connectivity index (χ4v) is 5.05. The summed E-state index contributed by atoms with van der Waals surface area (Å²) in [5.41, 5.74) is 7.48. The Labute approximate surface area is 222 Å². The standard InChI is InChI=1S/C31H45N3.C2H6/c1-6-16-33-31(8-3)28-20-25(5)21-29(23-28)32-17-13-26-9-11-27(12-10-26)15-19-34-18-14-24(4)22-30(34)7-2;1-2/h8-12,16,20-21,23-24,30,32H,6-7,13-15,17-19,22H2,1-5H3;1-2H3/b31-8-,33-16?;. The third kappa shape index (κ3) is 9.58. The molecule has 1 saturated heterocycles. The fraction of sp³-hybridized carbons (Fsp3) is 0.545. The molecule has 2 atom stereocenters. The van der Waals surface area contributed by atoms with Crippen molar-refractivity contribution in [2.24, 2.45) is 10.9 Å². The molecule has 1 aliphatic rings. The minimum absolute atomic E-state index is 0.776. The number of nitrogens with one attached hydrogen (secondary N) is 1. The van der Waals surface area contributed by atoms with Crippen molar-refractivity contribution < 1.29 is 0 Å². The van der Waals surface area contributed by atoms with E-state index in [0.717, 1.165) is 43.5 Å². The zero-order chi connectivity index (χ0) is 26.3. The smallest absolute Gasteiger partial charge is 0.0656 e. The van der Waals surface area contributed by atoms with Gasteiger partial charge in [0.05, 0.1) is 5.70 Å². The van der Waals surface area contributed by atoms with Crippen LogP contribution in [0.2, 0.25) is 0 Å². The van der Waals surface area contributed by atoms with Crippen LogP contribution in [0.25, 0.3) is 5.70 Å². The molecular formula is C33H51N3. The Hall–Kier alpha value is -2.39.